The van der Waals surface area contributed by atoms with Crippen LogP contribution >= 0.6 is 11.8 Å². The Labute approximate surface area is 178 Å². The van der Waals surface area contributed by atoms with Crippen molar-refractivity contribution in [2.75, 3.05) is 11.2 Å². The summed E-state index contributed by atoms with van der Waals surface area (Å²) in [5, 5.41) is 13.9. The third kappa shape index (κ3) is 3.21. The summed E-state index contributed by atoms with van der Waals surface area (Å²) in [5.74, 6) is 7.25. The molecule has 1 atom stereocenters. The smallest absolute Gasteiger partial charge is 0.237 e. The topological polar surface area (TPSA) is 90.8 Å². The number of nitrogens with two attached hydrogens (primary N) is 1. The average molecular weight is 421 g/mol. The second kappa shape index (κ2) is 7.36. The first-order chi connectivity index (χ1) is 14.6. The number of rotatable bonds is 6. The summed E-state index contributed by atoms with van der Waals surface area (Å²) in [7, 11) is 0. The van der Waals surface area contributed by atoms with E-state index in [1.54, 1.807) is 0 Å². The molecule has 0 saturated heterocycles. The number of thioether (sulfide) groups is 1. The Balaban J connectivity index is 1.37. The average Bonchev–Trinajstić information content (AvgIpc) is 3.46. The Morgan fingerprint density at radius 2 is 1.97 bits per heavy atom. The van der Waals surface area contributed by atoms with E-state index < -0.39 is 0 Å². The lowest BCUT2D eigenvalue weighted by atomic mass is 10.1. The maximum atomic E-state index is 12.8. The highest BCUT2D eigenvalue weighted by atomic mass is 32.2. The number of anilines is 1. The highest BCUT2D eigenvalue weighted by Crippen LogP contribution is 2.39. The van der Waals surface area contributed by atoms with E-state index in [1.165, 1.54) is 32.9 Å². The summed E-state index contributed by atoms with van der Waals surface area (Å²) in [6, 6.07) is 14.4. The molecule has 0 bridgehead atoms. The zero-order valence-electron chi connectivity index (χ0n) is 17.0. The quantitative estimate of drug-likeness (QED) is 0.362. The molecule has 30 heavy (non-hydrogen) atoms. The van der Waals surface area contributed by atoms with Gasteiger partial charge >= 0.3 is 0 Å². The fourth-order valence-electron chi connectivity index (χ4n) is 3.92. The van der Waals surface area contributed by atoms with Gasteiger partial charge in [0.2, 0.25) is 11.1 Å². The maximum absolute atomic E-state index is 12.8. The number of hydrogen-bond acceptors (Lipinski definition) is 5. The van der Waals surface area contributed by atoms with Crippen LogP contribution in [0.3, 0.4) is 0 Å². The van der Waals surface area contributed by atoms with Crippen LogP contribution in [0, 0.1) is 0 Å². The number of carbonyl (C=O) groups excluding carboxylic acids is 1. The standard InChI is InChI=1S/C22H24N6OS/c1-3-27-18-7-5-4-6-16(18)17-12-15(10-11-19(17)27)24-21(29)13(2)30-22-26-25-20(28(22)23)14-8-9-14/h4-7,10-14H,3,8-9,23H2,1-2H3,(H,24,29)/t13-/m1/s1. The number of aromatic nitrogens is 4. The molecule has 2 heterocycles. The lowest BCUT2D eigenvalue weighted by Crippen LogP contribution is -2.23. The second-order valence-electron chi connectivity index (χ2n) is 7.73. The van der Waals surface area contributed by atoms with Gasteiger partial charge in [0, 0.05) is 40.0 Å². The molecule has 3 N–H and O–H groups in total. The van der Waals surface area contributed by atoms with Crippen molar-refractivity contribution in [3.8, 4) is 0 Å². The first kappa shape index (κ1) is 19.0. The van der Waals surface area contributed by atoms with E-state index in [4.69, 9.17) is 5.84 Å². The van der Waals surface area contributed by atoms with Gasteiger partial charge in [-0.25, -0.2) is 4.68 Å². The molecule has 1 fully saturated rings. The van der Waals surface area contributed by atoms with E-state index in [9.17, 15) is 4.79 Å². The van der Waals surface area contributed by atoms with Crippen molar-refractivity contribution in [3.05, 3.63) is 48.3 Å². The van der Waals surface area contributed by atoms with Gasteiger partial charge in [0.05, 0.1) is 5.25 Å². The molecular weight excluding hydrogens is 396 g/mol. The molecule has 8 heteroatoms. The number of nitrogens with zero attached hydrogens (tertiary/aromatic N) is 4. The minimum atomic E-state index is -0.351. The zero-order chi connectivity index (χ0) is 20.8. The molecule has 4 aromatic rings. The summed E-state index contributed by atoms with van der Waals surface area (Å²) in [6.45, 7) is 4.89. The predicted octanol–water partition coefficient (Wildman–Crippen LogP) is 4.12. The lowest BCUT2D eigenvalue weighted by Gasteiger charge is -2.12. The van der Waals surface area contributed by atoms with Gasteiger partial charge in [-0.3, -0.25) is 4.79 Å². The van der Waals surface area contributed by atoms with Gasteiger partial charge in [0.15, 0.2) is 5.82 Å². The molecule has 1 aliphatic carbocycles. The number of hydrogen-bond donors (Lipinski definition) is 2. The molecule has 0 unspecified atom stereocenters. The van der Waals surface area contributed by atoms with Crippen LogP contribution in [0.15, 0.2) is 47.6 Å². The van der Waals surface area contributed by atoms with E-state index in [2.05, 4.69) is 57.3 Å². The van der Waals surface area contributed by atoms with Crippen molar-refractivity contribution in [2.24, 2.45) is 0 Å². The van der Waals surface area contributed by atoms with Crippen molar-refractivity contribution < 1.29 is 4.79 Å². The Kier molecular flexibility index (Phi) is 4.66. The normalized spacial score (nSPS) is 15.0. The number of fused-ring (bicyclic) bond motifs is 3. The van der Waals surface area contributed by atoms with Crippen LogP contribution in [0.5, 0.6) is 0 Å². The van der Waals surface area contributed by atoms with Crippen LogP contribution in [0.2, 0.25) is 0 Å². The molecule has 0 radical (unpaired) electrons. The largest absolute Gasteiger partial charge is 0.341 e. The third-order valence-electron chi connectivity index (χ3n) is 5.64. The maximum Gasteiger partial charge on any atom is 0.237 e. The first-order valence-corrected chi connectivity index (χ1v) is 11.1. The minimum Gasteiger partial charge on any atom is -0.341 e. The number of aryl methyl sites for hydroxylation is 1. The van der Waals surface area contributed by atoms with Crippen LogP contribution in [0.1, 0.15) is 38.4 Å². The molecule has 0 aliphatic heterocycles. The number of amides is 1. The van der Waals surface area contributed by atoms with Crippen LogP contribution in [0.25, 0.3) is 21.8 Å². The molecule has 2 aromatic heterocycles. The number of nitrogens with one attached hydrogen (secondary N) is 1. The molecule has 0 spiro atoms. The summed E-state index contributed by atoms with van der Waals surface area (Å²) in [5.41, 5.74) is 3.16. The van der Waals surface area contributed by atoms with Gasteiger partial charge < -0.3 is 15.7 Å². The molecule has 1 aliphatic rings. The Bertz CT molecular complexity index is 1260. The van der Waals surface area contributed by atoms with E-state index in [0.29, 0.717) is 11.1 Å². The molecule has 1 saturated carbocycles. The molecular formula is C22H24N6OS. The van der Waals surface area contributed by atoms with Gasteiger partial charge in [0.25, 0.3) is 0 Å². The predicted molar refractivity (Wildman–Crippen MR) is 121 cm³/mol. The van der Waals surface area contributed by atoms with E-state index in [-0.39, 0.29) is 11.2 Å². The van der Waals surface area contributed by atoms with Crippen LogP contribution < -0.4 is 11.2 Å². The van der Waals surface area contributed by atoms with Crippen molar-refractivity contribution in [2.45, 2.75) is 49.6 Å². The van der Waals surface area contributed by atoms with E-state index in [1.807, 2.05) is 19.1 Å². The molecule has 154 valence electrons. The highest BCUT2D eigenvalue weighted by molar-refractivity contribution is 8.00. The number of carbonyl (C=O) groups is 1. The summed E-state index contributed by atoms with van der Waals surface area (Å²) >= 11 is 1.33. The fraction of sp³-hybridized carbons (Fsp3) is 0.318. The van der Waals surface area contributed by atoms with Crippen molar-refractivity contribution >= 4 is 45.2 Å². The molecule has 5 rings (SSSR count). The fourth-order valence-corrected chi connectivity index (χ4v) is 4.69. The monoisotopic (exact) mass is 420 g/mol. The summed E-state index contributed by atoms with van der Waals surface area (Å²) < 4.78 is 3.82. The number of nitrogen functional groups attached to an aromatic ring is 1. The van der Waals surface area contributed by atoms with Crippen LogP contribution in [-0.2, 0) is 11.3 Å². The van der Waals surface area contributed by atoms with Gasteiger partial charge in [0.1, 0.15) is 0 Å². The van der Waals surface area contributed by atoms with E-state index in [0.717, 1.165) is 36.3 Å². The van der Waals surface area contributed by atoms with Gasteiger partial charge in [-0.15, -0.1) is 10.2 Å². The second-order valence-corrected chi connectivity index (χ2v) is 9.04. The highest BCUT2D eigenvalue weighted by Gasteiger charge is 2.30. The number of benzene rings is 2. The molecule has 2 aromatic carbocycles. The SMILES string of the molecule is CCn1c2ccccc2c2cc(NC(=O)[C@@H](C)Sc3nnc(C4CC4)n3N)ccc21. The number of para-hydroxylation sites is 1. The lowest BCUT2D eigenvalue weighted by molar-refractivity contribution is -0.115. The van der Waals surface area contributed by atoms with Crippen LogP contribution in [-0.4, -0.2) is 30.6 Å². The van der Waals surface area contributed by atoms with Crippen molar-refractivity contribution in [1.29, 1.82) is 0 Å². The summed E-state index contributed by atoms with van der Waals surface area (Å²) in [4.78, 5) is 12.8. The van der Waals surface area contributed by atoms with Crippen molar-refractivity contribution in [1.82, 2.24) is 19.4 Å². The first-order valence-electron chi connectivity index (χ1n) is 10.3. The molecule has 1 amide bonds. The van der Waals surface area contributed by atoms with Crippen LogP contribution in [0.4, 0.5) is 5.69 Å². The summed E-state index contributed by atoms with van der Waals surface area (Å²) in [6.07, 6.45) is 2.21. The Hall–Kier alpha value is -3.00. The zero-order valence-corrected chi connectivity index (χ0v) is 17.8. The van der Waals surface area contributed by atoms with E-state index >= 15 is 0 Å². The van der Waals surface area contributed by atoms with Gasteiger partial charge in [-0.2, -0.15) is 0 Å². The Morgan fingerprint density at radius 3 is 2.73 bits per heavy atom. The van der Waals surface area contributed by atoms with Gasteiger partial charge in [-0.05, 0) is 51.0 Å². The van der Waals surface area contributed by atoms with Gasteiger partial charge in [-0.1, -0.05) is 30.0 Å². The third-order valence-corrected chi connectivity index (χ3v) is 6.70. The minimum absolute atomic E-state index is 0.0884. The Morgan fingerprint density at radius 1 is 1.20 bits per heavy atom. The molecule has 7 nitrogen and oxygen atoms in total. The van der Waals surface area contributed by atoms with Crippen molar-refractivity contribution in [3.63, 3.8) is 0 Å².